The summed E-state index contributed by atoms with van der Waals surface area (Å²) in [4.78, 5) is 0. The molecule has 98 valence electrons. The molecule has 2 rings (SSSR count). The summed E-state index contributed by atoms with van der Waals surface area (Å²) in [6.07, 6.45) is 4.85. The fraction of sp³-hybridized carbons (Fsp3) is 0.538. The molecule has 0 radical (unpaired) electrons. The molecular weight excluding hydrogens is 226 g/mol. The van der Waals surface area contributed by atoms with Crippen molar-refractivity contribution in [2.45, 2.75) is 32.9 Å². The van der Waals surface area contributed by atoms with Crippen LogP contribution in [0.3, 0.4) is 0 Å². The molecule has 18 heavy (non-hydrogen) atoms. The first-order valence-corrected chi connectivity index (χ1v) is 6.38. The van der Waals surface area contributed by atoms with Crippen LogP contribution in [-0.4, -0.2) is 26.1 Å². The predicted octanol–water partition coefficient (Wildman–Crippen LogP) is 1.53. The van der Waals surface area contributed by atoms with Crippen LogP contribution in [0.4, 0.5) is 0 Å². The van der Waals surface area contributed by atoms with Gasteiger partial charge in [-0.05, 0) is 26.0 Å². The molecule has 0 spiro atoms. The third kappa shape index (κ3) is 3.20. The van der Waals surface area contributed by atoms with Gasteiger partial charge >= 0.3 is 0 Å². The summed E-state index contributed by atoms with van der Waals surface area (Å²) in [6, 6.07) is 4.54. The highest BCUT2D eigenvalue weighted by Gasteiger charge is 2.02. The van der Waals surface area contributed by atoms with Gasteiger partial charge < -0.3 is 5.32 Å². The molecule has 0 saturated heterocycles. The highest BCUT2D eigenvalue weighted by molar-refractivity contribution is 5.01. The van der Waals surface area contributed by atoms with Crippen LogP contribution in [0.1, 0.15) is 31.3 Å². The van der Waals surface area contributed by atoms with E-state index in [1.54, 1.807) is 0 Å². The Morgan fingerprint density at radius 3 is 2.78 bits per heavy atom. The first-order chi connectivity index (χ1) is 8.66. The van der Waals surface area contributed by atoms with Gasteiger partial charge in [-0.1, -0.05) is 0 Å². The van der Waals surface area contributed by atoms with Crippen molar-refractivity contribution in [1.82, 2.24) is 24.9 Å². The third-order valence-electron chi connectivity index (χ3n) is 2.98. The van der Waals surface area contributed by atoms with E-state index in [1.165, 1.54) is 5.69 Å². The Balaban J connectivity index is 1.73. The number of hydrogen-bond donors (Lipinski definition) is 1. The summed E-state index contributed by atoms with van der Waals surface area (Å²) < 4.78 is 3.90. The topological polar surface area (TPSA) is 47.7 Å². The second-order valence-corrected chi connectivity index (χ2v) is 4.75. The van der Waals surface area contributed by atoms with Gasteiger partial charge in [0.25, 0.3) is 0 Å². The van der Waals surface area contributed by atoms with Crippen LogP contribution in [0.15, 0.2) is 24.5 Å². The van der Waals surface area contributed by atoms with Gasteiger partial charge in [-0.3, -0.25) is 9.36 Å². The quantitative estimate of drug-likeness (QED) is 0.788. The molecule has 0 fully saturated rings. The van der Waals surface area contributed by atoms with E-state index in [2.05, 4.69) is 41.5 Å². The van der Waals surface area contributed by atoms with E-state index in [9.17, 15) is 0 Å². The minimum Gasteiger partial charge on any atom is -0.311 e. The molecule has 1 N–H and O–H groups in total. The van der Waals surface area contributed by atoms with Crippen LogP contribution in [0.25, 0.3) is 0 Å². The number of rotatable bonds is 6. The molecule has 0 unspecified atom stereocenters. The molecule has 0 atom stereocenters. The lowest BCUT2D eigenvalue weighted by Crippen LogP contribution is -2.18. The molecule has 0 aliphatic rings. The molecule has 5 nitrogen and oxygen atoms in total. The highest BCUT2D eigenvalue weighted by Crippen LogP contribution is 2.04. The normalized spacial score (nSPS) is 11.3. The van der Waals surface area contributed by atoms with Crippen molar-refractivity contribution in [3.05, 3.63) is 35.9 Å². The van der Waals surface area contributed by atoms with E-state index >= 15 is 0 Å². The summed E-state index contributed by atoms with van der Waals surface area (Å²) >= 11 is 0. The van der Waals surface area contributed by atoms with Crippen molar-refractivity contribution in [3.8, 4) is 0 Å². The average molecular weight is 247 g/mol. The van der Waals surface area contributed by atoms with E-state index in [-0.39, 0.29) is 0 Å². The maximum atomic E-state index is 4.50. The van der Waals surface area contributed by atoms with Gasteiger partial charge in [-0.15, -0.1) is 0 Å². The summed E-state index contributed by atoms with van der Waals surface area (Å²) in [7, 11) is 1.97. The molecule has 2 aromatic rings. The SMILES string of the molecule is CC(C)n1ccc(CNCCc2ccnn2C)n1. The highest BCUT2D eigenvalue weighted by atomic mass is 15.3. The summed E-state index contributed by atoms with van der Waals surface area (Å²) in [5, 5.41) is 12.1. The zero-order chi connectivity index (χ0) is 13.0. The Morgan fingerprint density at radius 2 is 2.17 bits per heavy atom. The van der Waals surface area contributed by atoms with Crippen LogP contribution in [0.2, 0.25) is 0 Å². The zero-order valence-corrected chi connectivity index (χ0v) is 11.3. The molecule has 2 aromatic heterocycles. The summed E-state index contributed by atoms with van der Waals surface area (Å²) in [5.74, 6) is 0. The number of hydrogen-bond acceptors (Lipinski definition) is 3. The fourth-order valence-corrected chi connectivity index (χ4v) is 1.84. The molecule has 0 aliphatic carbocycles. The van der Waals surface area contributed by atoms with E-state index < -0.39 is 0 Å². The van der Waals surface area contributed by atoms with E-state index in [0.717, 1.165) is 25.2 Å². The molecule has 0 bridgehead atoms. The van der Waals surface area contributed by atoms with Crippen molar-refractivity contribution in [3.63, 3.8) is 0 Å². The van der Waals surface area contributed by atoms with Crippen molar-refractivity contribution < 1.29 is 0 Å². The Bertz CT molecular complexity index is 483. The zero-order valence-electron chi connectivity index (χ0n) is 11.3. The van der Waals surface area contributed by atoms with Gasteiger partial charge in [0.2, 0.25) is 0 Å². The number of aryl methyl sites for hydroxylation is 1. The van der Waals surface area contributed by atoms with Gasteiger partial charge in [0.1, 0.15) is 0 Å². The molecule has 0 amide bonds. The van der Waals surface area contributed by atoms with Crippen LogP contribution in [0.5, 0.6) is 0 Å². The van der Waals surface area contributed by atoms with E-state index in [1.807, 2.05) is 28.8 Å². The summed E-state index contributed by atoms with van der Waals surface area (Å²) in [5.41, 5.74) is 2.34. The molecule has 5 heteroatoms. The van der Waals surface area contributed by atoms with Gasteiger partial charge in [0.05, 0.1) is 5.69 Å². The smallest absolute Gasteiger partial charge is 0.0762 e. The third-order valence-corrected chi connectivity index (χ3v) is 2.98. The average Bonchev–Trinajstić information content (AvgIpc) is 2.94. The Morgan fingerprint density at radius 1 is 1.33 bits per heavy atom. The summed E-state index contributed by atoms with van der Waals surface area (Å²) in [6.45, 7) is 6.02. The lowest BCUT2D eigenvalue weighted by Gasteiger charge is -2.05. The van der Waals surface area contributed by atoms with Crippen molar-refractivity contribution in [2.75, 3.05) is 6.54 Å². The fourth-order valence-electron chi connectivity index (χ4n) is 1.84. The van der Waals surface area contributed by atoms with Gasteiger partial charge in [0, 0.05) is 50.7 Å². The van der Waals surface area contributed by atoms with Crippen LogP contribution in [-0.2, 0) is 20.0 Å². The number of nitrogens with one attached hydrogen (secondary N) is 1. The van der Waals surface area contributed by atoms with E-state index in [4.69, 9.17) is 0 Å². The van der Waals surface area contributed by atoms with Crippen molar-refractivity contribution >= 4 is 0 Å². The number of aromatic nitrogens is 4. The number of nitrogens with zero attached hydrogens (tertiary/aromatic N) is 4. The van der Waals surface area contributed by atoms with Crippen molar-refractivity contribution in [2.24, 2.45) is 7.05 Å². The first kappa shape index (κ1) is 12.8. The van der Waals surface area contributed by atoms with Crippen molar-refractivity contribution in [1.29, 1.82) is 0 Å². The van der Waals surface area contributed by atoms with Crippen LogP contribution < -0.4 is 5.32 Å². The maximum Gasteiger partial charge on any atom is 0.0762 e. The van der Waals surface area contributed by atoms with Gasteiger partial charge in [-0.2, -0.15) is 10.2 Å². The van der Waals surface area contributed by atoms with Crippen LogP contribution in [0, 0.1) is 0 Å². The largest absolute Gasteiger partial charge is 0.311 e. The predicted molar refractivity (Wildman–Crippen MR) is 71.2 cm³/mol. The molecule has 0 aliphatic heterocycles. The molecule has 0 saturated carbocycles. The van der Waals surface area contributed by atoms with E-state index in [0.29, 0.717) is 6.04 Å². The van der Waals surface area contributed by atoms with Gasteiger partial charge in [-0.25, -0.2) is 0 Å². The Hall–Kier alpha value is -1.62. The first-order valence-electron chi connectivity index (χ1n) is 6.38. The molecule has 0 aromatic carbocycles. The second-order valence-electron chi connectivity index (χ2n) is 4.75. The minimum absolute atomic E-state index is 0.424. The Labute approximate surface area is 108 Å². The molecule has 2 heterocycles. The standard InChI is InChI=1S/C13H21N5/c1-11(2)18-9-6-12(16-18)10-14-7-4-13-5-8-15-17(13)3/h5-6,8-9,11,14H,4,7,10H2,1-3H3. The van der Waals surface area contributed by atoms with Gasteiger partial charge in [0.15, 0.2) is 0 Å². The molecular formula is C13H21N5. The minimum atomic E-state index is 0.424. The lowest BCUT2D eigenvalue weighted by molar-refractivity contribution is 0.521. The van der Waals surface area contributed by atoms with Crippen LogP contribution >= 0.6 is 0 Å². The Kier molecular flexibility index (Phi) is 4.15. The maximum absolute atomic E-state index is 4.50. The second kappa shape index (κ2) is 5.82. The monoisotopic (exact) mass is 247 g/mol. The lowest BCUT2D eigenvalue weighted by atomic mass is 10.3.